The van der Waals surface area contributed by atoms with Gasteiger partial charge in [0.2, 0.25) is 5.91 Å². The molecule has 2 aliphatic rings. The Bertz CT molecular complexity index is 1040. The number of nitrogens with zero attached hydrogens (tertiary/aromatic N) is 1. The summed E-state index contributed by atoms with van der Waals surface area (Å²) in [6, 6.07) is 12.0. The van der Waals surface area contributed by atoms with Crippen molar-refractivity contribution < 1.29 is 18.7 Å². The molecule has 1 aliphatic carbocycles. The number of carbonyl (C=O) groups is 1. The summed E-state index contributed by atoms with van der Waals surface area (Å²) in [5.41, 5.74) is 2.20. The first-order valence-corrected chi connectivity index (χ1v) is 10.4. The molecule has 3 aromatic rings. The third kappa shape index (κ3) is 3.47. The first kappa shape index (κ1) is 18.5. The average Bonchev–Trinajstić information content (AvgIpc) is 3.10. The molecule has 2 atom stereocenters. The molecule has 2 unspecified atom stereocenters. The number of benzene rings is 2. The number of furan rings is 1. The number of anilines is 1. The highest BCUT2D eigenvalue weighted by molar-refractivity contribution is 6.07. The van der Waals surface area contributed by atoms with Gasteiger partial charge in [0.25, 0.3) is 0 Å². The predicted molar refractivity (Wildman–Crippen MR) is 112 cm³/mol. The summed E-state index contributed by atoms with van der Waals surface area (Å²) in [5, 5.41) is 5.05. The zero-order chi connectivity index (χ0) is 19.8. The van der Waals surface area contributed by atoms with E-state index in [-0.39, 0.29) is 12.0 Å². The number of fused-ring (bicyclic) bond motifs is 4. The Morgan fingerprint density at radius 3 is 2.93 bits per heavy atom. The SMILES string of the molecule is COc1cc2c(cc1NC(=O)CN1CCOC3CCCCC31)oc1ccccc12. The van der Waals surface area contributed by atoms with Gasteiger partial charge in [-0.05, 0) is 25.0 Å². The van der Waals surface area contributed by atoms with E-state index >= 15 is 0 Å². The van der Waals surface area contributed by atoms with Crippen molar-refractivity contribution in [3.05, 3.63) is 36.4 Å². The molecule has 6 heteroatoms. The largest absolute Gasteiger partial charge is 0.495 e. The van der Waals surface area contributed by atoms with Gasteiger partial charge in [0.1, 0.15) is 16.9 Å². The van der Waals surface area contributed by atoms with Crippen LogP contribution >= 0.6 is 0 Å². The predicted octanol–water partition coefficient (Wildman–Crippen LogP) is 4.18. The number of ether oxygens (including phenoxy) is 2. The van der Waals surface area contributed by atoms with Gasteiger partial charge < -0.3 is 19.2 Å². The monoisotopic (exact) mass is 394 g/mol. The van der Waals surface area contributed by atoms with Gasteiger partial charge in [-0.25, -0.2) is 0 Å². The van der Waals surface area contributed by atoms with Crippen molar-refractivity contribution >= 4 is 33.5 Å². The van der Waals surface area contributed by atoms with Crippen LogP contribution in [0, 0.1) is 0 Å². The minimum atomic E-state index is -0.0371. The van der Waals surface area contributed by atoms with Crippen molar-refractivity contribution in [3.8, 4) is 5.75 Å². The number of nitrogens with one attached hydrogen (secondary N) is 1. The minimum absolute atomic E-state index is 0.0371. The molecule has 2 heterocycles. The molecule has 1 saturated carbocycles. The summed E-state index contributed by atoms with van der Waals surface area (Å²) in [4.78, 5) is 15.1. The number of rotatable bonds is 4. The molecule has 2 aromatic carbocycles. The van der Waals surface area contributed by atoms with Gasteiger partial charge in [-0.15, -0.1) is 0 Å². The van der Waals surface area contributed by atoms with Crippen molar-refractivity contribution in [2.45, 2.75) is 37.8 Å². The number of hydrogen-bond acceptors (Lipinski definition) is 5. The lowest BCUT2D eigenvalue weighted by molar-refractivity contribution is -0.124. The van der Waals surface area contributed by atoms with Crippen LogP contribution in [0.4, 0.5) is 5.69 Å². The number of hydrogen-bond donors (Lipinski definition) is 1. The fraction of sp³-hybridized carbons (Fsp3) is 0.435. The van der Waals surface area contributed by atoms with Gasteiger partial charge in [-0.2, -0.15) is 0 Å². The molecule has 29 heavy (non-hydrogen) atoms. The summed E-state index contributed by atoms with van der Waals surface area (Å²) < 4.78 is 17.4. The Labute approximate surface area is 169 Å². The third-order valence-corrected chi connectivity index (χ3v) is 6.17. The van der Waals surface area contributed by atoms with Crippen molar-refractivity contribution in [3.63, 3.8) is 0 Å². The Morgan fingerprint density at radius 1 is 1.17 bits per heavy atom. The molecule has 1 N–H and O–H groups in total. The molecule has 0 spiro atoms. The molecular weight excluding hydrogens is 368 g/mol. The van der Waals surface area contributed by atoms with Crippen LogP contribution in [0.25, 0.3) is 21.9 Å². The lowest BCUT2D eigenvalue weighted by Gasteiger charge is -2.43. The van der Waals surface area contributed by atoms with Gasteiger partial charge in [0, 0.05) is 29.4 Å². The lowest BCUT2D eigenvalue weighted by atomic mass is 9.90. The Kier molecular flexibility index (Phi) is 4.89. The summed E-state index contributed by atoms with van der Waals surface area (Å²) >= 11 is 0. The van der Waals surface area contributed by atoms with Crippen LogP contribution in [0.3, 0.4) is 0 Å². The molecule has 1 aromatic heterocycles. The van der Waals surface area contributed by atoms with Crippen LogP contribution in [-0.4, -0.2) is 49.8 Å². The van der Waals surface area contributed by atoms with E-state index in [4.69, 9.17) is 13.9 Å². The normalized spacial score (nSPS) is 22.5. The standard InChI is InChI=1S/C23H26N2O4/c1-27-22-12-16-15-6-2-4-8-19(15)29-21(16)13-17(22)24-23(26)14-25-10-11-28-20-9-5-3-7-18(20)25/h2,4,6,8,12-13,18,20H,3,5,7,9-11,14H2,1H3,(H,24,26). The van der Waals surface area contributed by atoms with Crippen molar-refractivity contribution in [2.24, 2.45) is 0 Å². The van der Waals surface area contributed by atoms with Gasteiger partial charge >= 0.3 is 0 Å². The second-order valence-electron chi connectivity index (χ2n) is 7.93. The highest BCUT2D eigenvalue weighted by Crippen LogP contribution is 2.36. The van der Waals surface area contributed by atoms with E-state index < -0.39 is 0 Å². The summed E-state index contributed by atoms with van der Waals surface area (Å²) in [7, 11) is 1.62. The molecule has 0 bridgehead atoms. The molecule has 0 radical (unpaired) electrons. The van der Waals surface area contributed by atoms with Gasteiger partial charge in [-0.3, -0.25) is 9.69 Å². The van der Waals surface area contributed by atoms with Crippen molar-refractivity contribution in [1.29, 1.82) is 0 Å². The van der Waals surface area contributed by atoms with Crippen molar-refractivity contribution in [1.82, 2.24) is 4.90 Å². The van der Waals surface area contributed by atoms with E-state index in [1.165, 1.54) is 12.8 Å². The van der Waals surface area contributed by atoms with Crippen LogP contribution < -0.4 is 10.1 Å². The molecule has 152 valence electrons. The first-order chi connectivity index (χ1) is 14.2. The van der Waals surface area contributed by atoms with E-state index in [0.717, 1.165) is 41.3 Å². The smallest absolute Gasteiger partial charge is 0.238 e. The highest BCUT2D eigenvalue weighted by Gasteiger charge is 2.35. The minimum Gasteiger partial charge on any atom is -0.495 e. The van der Waals surface area contributed by atoms with Gasteiger partial charge in [-0.1, -0.05) is 31.0 Å². The lowest BCUT2D eigenvalue weighted by Crippen LogP contribution is -2.54. The Morgan fingerprint density at radius 2 is 2.03 bits per heavy atom. The number of para-hydroxylation sites is 1. The molecular formula is C23H26N2O4. The van der Waals surface area contributed by atoms with Crippen LogP contribution in [0.1, 0.15) is 25.7 Å². The number of methoxy groups -OCH3 is 1. The summed E-state index contributed by atoms with van der Waals surface area (Å²) in [6.07, 6.45) is 4.90. The maximum absolute atomic E-state index is 12.9. The molecule has 2 fully saturated rings. The quantitative estimate of drug-likeness (QED) is 0.719. The zero-order valence-electron chi connectivity index (χ0n) is 16.6. The van der Waals surface area contributed by atoms with E-state index in [1.54, 1.807) is 7.11 Å². The number of amides is 1. The number of morpholine rings is 1. The van der Waals surface area contributed by atoms with Crippen LogP contribution in [0.2, 0.25) is 0 Å². The molecule has 1 amide bonds. The second-order valence-corrected chi connectivity index (χ2v) is 7.93. The van der Waals surface area contributed by atoms with E-state index in [2.05, 4.69) is 10.2 Å². The maximum Gasteiger partial charge on any atom is 0.238 e. The van der Waals surface area contributed by atoms with Gasteiger partial charge in [0.05, 0.1) is 32.1 Å². The number of carbonyl (C=O) groups excluding carboxylic acids is 1. The molecule has 1 aliphatic heterocycles. The highest BCUT2D eigenvalue weighted by atomic mass is 16.5. The van der Waals surface area contributed by atoms with Crippen LogP contribution in [0.5, 0.6) is 5.75 Å². The average molecular weight is 394 g/mol. The Hall–Kier alpha value is -2.57. The zero-order valence-corrected chi connectivity index (χ0v) is 16.6. The van der Waals surface area contributed by atoms with E-state index in [0.29, 0.717) is 30.6 Å². The third-order valence-electron chi connectivity index (χ3n) is 6.17. The maximum atomic E-state index is 12.9. The Balaban J connectivity index is 1.37. The summed E-state index contributed by atoms with van der Waals surface area (Å²) in [6.45, 7) is 1.86. The van der Waals surface area contributed by atoms with E-state index in [9.17, 15) is 4.79 Å². The second kappa shape index (κ2) is 7.69. The molecule has 1 saturated heterocycles. The summed E-state index contributed by atoms with van der Waals surface area (Å²) in [5.74, 6) is 0.597. The first-order valence-electron chi connectivity index (χ1n) is 10.4. The molecule has 6 nitrogen and oxygen atoms in total. The van der Waals surface area contributed by atoms with Crippen molar-refractivity contribution in [2.75, 3.05) is 32.1 Å². The topological polar surface area (TPSA) is 63.9 Å². The van der Waals surface area contributed by atoms with Crippen LogP contribution in [-0.2, 0) is 9.53 Å². The van der Waals surface area contributed by atoms with E-state index in [1.807, 2.05) is 36.4 Å². The fourth-order valence-electron chi connectivity index (χ4n) is 4.77. The fourth-order valence-corrected chi connectivity index (χ4v) is 4.77. The van der Waals surface area contributed by atoms with Gasteiger partial charge in [0.15, 0.2) is 0 Å². The molecule has 5 rings (SSSR count). The van der Waals surface area contributed by atoms with Crippen LogP contribution in [0.15, 0.2) is 40.8 Å².